The van der Waals surface area contributed by atoms with E-state index in [1.54, 1.807) is 35.0 Å². The summed E-state index contributed by atoms with van der Waals surface area (Å²) in [6.45, 7) is 1.18. The largest absolute Gasteiger partial charge is 0.353 e. The average Bonchev–Trinajstić information content (AvgIpc) is 3.16. The highest BCUT2D eigenvalue weighted by molar-refractivity contribution is 6.34. The molecule has 1 aromatic carbocycles. The van der Waals surface area contributed by atoms with Crippen molar-refractivity contribution >= 4 is 29.1 Å². The van der Waals surface area contributed by atoms with Gasteiger partial charge in [0.25, 0.3) is 5.91 Å². The van der Waals surface area contributed by atoms with Gasteiger partial charge in [-0.15, -0.1) is 0 Å². The van der Waals surface area contributed by atoms with Crippen molar-refractivity contribution in [1.29, 1.82) is 0 Å². The van der Waals surface area contributed by atoms with Crippen molar-refractivity contribution in [2.75, 3.05) is 18.5 Å². The monoisotopic (exact) mass is 345 g/mol. The first-order valence-corrected chi connectivity index (χ1v) is 8.31. The lowest BCUT2D eigenvalue weighted by Gasteiger charge is -2.21. The van der Waals surface area contributed by atoms with Crippen LogP contribution in [0.1, 0.15) is 28.9 Å². The SMILES string of the molecule is CN(Cc1cccn1C)C(=O)c1cc(N2CCCC2=O)ccc1Cl. The molecular formula is C18H20ClN3O2. The molecule has 0 spiro atoms. The number of hydrogen-bond donors (Lipinski definition) is 0. The first kappa shape index (κ1) is 16.6. The molecule has 0 N–H and O–H groups in total. The van der Waals surface area contributed by atoms with Crippen LogP contribution < -0.4 is 4.90 Å². The summed E-state index contributed by atoms with van der Waals surface area (Å²) in [6.07, 6.45) is 3.34. The Morgan fingerprint density at radius 3 is 2.75 bits per heavy atom. The Labute approximate surface area is 146 Å². The molecule has 5 nitrogen and oxygen atoms in total. The van der Waals surface area contributed by atoms with Gasteiger partial charge in [0, 0.05) is 44.6 Å². The molecule has 1 aliphatic heterocycles. The lowest BCUT2D eigenvalue weighted by molar-refractivity contribution is -0.117. The second kappa shape index (κ2) is 6.69. The lowest BCUT2D eigenvalue weighted by atomic mass is 10.1. The summed E-state index contributed by atoms with van der Waals surface area (Å²) >= 11 is 6.24. The Hall–Kier alpha value is -2.27. The van der Waals surface area contributed by atoms with Crippen LogP contribution in [-0.2, 0) is 18.4 Å². The Morgan fingerprint density at radius 2 is 2.12 bits per heavy atom. The van der Waals surface area contributed by atoms with Crippen LogP contribution in [0, 0.1) is 0 Å². The number of carbonyl (C=O) groups excluding carboxylic acids is 2. The maximum Gasteiger partial charge on any atom is 0.255 e. The van der Waals surface area contributed by atoms with Gasteiger partial charge in [-0.2, -0.15) is 0 Å². The summed E-state index contributed by atoms with van der Waals surface area (Å²) in [5.41, 5.74) is 2.19. The highest BCUT2D eigenvalue weighted by atomic mass is 35.5. The summed E-state index contributed by atoms with van der Waals surface area (Å²) < 4.78 is 1.98. The van der Waals surface area contributed by atoms with E-state index in [9.17, 15) is 9.59 Å². The van der Waals surface area contributed by atoms with Crippen LogP contribution in [0.2, 0.25) is 5.02 Å². The molecule has 0 atom stereocenters. The molecule has 2 amide bonds. The van der Waals surface area contributed by atoms with E-state index in [0.717, 1.165) is 17.8 Å². The van der Waals surface area contributed by atoms with Crippen molar-refractivity contribution in [2.24, 2.45) is 7.05 Å². The number of rotatable bonds is 4. The Kier molecular flexibility index (Phi) is 4.62. The molecular weight excluding hydrogens is 326 g/mol. The van der Waals surface area contributed by atoms with E-state index in [4.69, 9.17) is 11.6 Å². The van der Waals surface area contributed by atoms with Gasteiger partial charge < -0.3 is 14.4 Å². The summed E-state index contributed by atoms with van der Waals surface area (Å²) in [7, 11) is 3.69. The van der Waals surface area contributed by atoms with Crippen molar-refractivity contribution in [3.05, 3.63) is 52.8 Å². The number of benzene rings is 1. The van der Waals surface area contributed by atoms with Crippen LogP contribution >= 0.6 is 11.6 Å². The maximum atomic E-state index is 12.8. The molecule has 6 heteroatoms. The minimum absolute atomic E-state index is 0.0906. The predicted octanol–water partition coefficient (Wildman–Crippen LogP) is 3.08. The minimum atomic E-state index is -0.158. The van der Waals surface area contributed by atoms with E-state index in [1.165, 1.54) is 0 Å². The van der Waals surface area contributed by atoms with Crippen LogP contribution in [0.3, 0.4) is 0 Å². The molecule has 0 saturated carbocycles. The van der Waals surface area contributed by atoms with E-state index in [2.05, 4.69) is 0 Å². The highest BCUT2D eigenvalue weighted by Gasteiger charge is 2.24. The number of aryl methyl sites for hydroxylation is 1. The topological polar surface area (TPSA) is 45.6 Å². The fraction of sp³-hybridized carbons (Fsp3) is 0.333. The van der Waals surface area contributed by atoms with Crippen molar-refractivity contribution in [3.63, 3.8) is 0 Å². The zero-order valence-corrected chi connectivity index (χ0v) is 14.6. The zero-order valence-electron chi connectivity index (χ0n) is 13.8. The molecule has 1 aliphatic rings. The first-order chi connectivity index (χ1) is 11.5. The lowest BCUT2D eigenvalue weighted by Crippen LogP contribution is -2.28. The fourth-order valence-corrected chi connectivity index (χ4v) is 3.15. The zero-order chi connectivity index (χ0) is 17.3. The molecule has 0 bridgehead atoms. The number of aromatic nitrogens is 1. The number of anilines is 1. The molecule has 0 radical (unpaired) electrons. The van der Waals surface area contributed by atoms with E-state index in [1.807, 2.05) is 29.9 Å². The van der Waals surface area contributed by atoms with Gasteiger partial charge in [-0.3, -0.25) is 9.59 Å². The predicted molar refractivity (Wildman–Crippen MR) is 94.2 cm³/mol. The number of carbonyl (C=O) groups is 2. The molecule has 2 heterocycles. The minimum Gasteiger partial charge on any atom is -0.353 e. The summed E-state index contributed by atoms with van der Waals surface area (Å²) in [6, 6.07) is 9.12. The van der Waals surface area contributed by atoms with Crippen LogP contribution in [-0.4, -0.2) is 34.9 Å². The second-order valence-electron chi connectivity index (χ2n) is 6.08. The number of amides is 2. The van der Waals surface area contributed by atoms with Gasteiger partial charge in [0.15, 0.2) is 0 Å². The Bertz CT molecular complexity index is 784. The van der Waals surface area contributed by atoms with Crippen LogP contribution in [0.25, 0.3) is 0 Å². The molecule has 0 aliphatic carbocycles. The van der Waals surface area contributed by atoms with Gasteiger partial charge in [-0.25, -0.2) is 0 Å². The highest BCUT2D eigenvalue weighted by Crippen LogP contribution is 2.27. The molecule has 0 unspecified atom stereocenters. The van der Waals surface area contributed by atoms with Gasteiger partial charge in [0.2, 0.25) is 5.91 Å². The Balaban J connectivity index is 1.83. The van der Waals surface area contributed by atoms with E-state index >= 15 is 0 Å². The molecule has 1 saturated heterocycles. The summed E-state index contributed by atoms with van der Waals surface area (Å²) in [5.74, 6) is -0.0671. The normalized spacial score (nSPS) is 14.3. The molecule has 1 fully saturated rings. The Morgan fingerprint density at radius 1 is 1.33 bits per heavy atom. The van der Waals surface area contributed by atoms with Gasteiger partial charge in [-0.05, 0) is 36.8 Å². The number of nitrogens with zero attached hydrogens (tertiary/aromatic N) is 3. The van der Waals surface area contributed by atoms with E-state index in [-0.39, 0.29) is 11.8 Å². The number of hydrogen-bond acceptors (Lipinski definition) is 2. The van der Waals surface area contributed by atoms with Crippen molar-refractivity contribution in [1.82, 2.24) is 9.47 Å². The standard InChI is InChI=1S/C18H20ClN3O2/c1-20-9-3-5-14(20)12-21(2)18(24)15-11-13(7-8-16(15)19)22-10-4-6-17(22)23/h3,5,7-9,11H,4,6,10,12H2,1-2H3. The van der Waals surface area contributed by atoms with Crippen molar-refractivity contribution in [2.45, 2.75) is 19.4 Å². The second-order valence-corrected chi connectivity index (χ2v) is 6.49. The fourth-order valence-electron chi connectivity index (χ4n) is 2.95. The van der Waals surface area contributed by atoms with Crippen LogP contribution in [0.4, 0.5) is 5.69 Å². The summed E-state index contributed by atoms with van der Waals surface area (Å²) in [4.78, 5) is 28.0. The van der Waals surface area contributed by atoms with Gasteiger partial charge in [0.05, 0.1) is 17.1 Å². The quantitative estimate of drug-likeness (QED) is 0.854. The van der Waals surface area contributed by atoms with Crippen LogP contribution in [0.5, 0.6) is 0 Å². The average molecular weight is 346 g/mol. The first-order valence-electron chi connectivity index (χ1n) is 7.93. The summed E-state index contributed by atoms with van der Waals surface area (Å²) in [5, 5.41) is 0.397. The van der Waals surface area contributed by atoms with Gasteiger partial charge in [-0.1, -0.05) is 11.6 Å². The third-order valence-corrected chi connectivity index (χ3v) is 4.69. The smallest absolute Gasteiger partial charge is 0.255 e. The molecule has 126 valence electrons. The van der Waals surface area contributed by atoms with E-state index < -0.39 is 0 Å². The molecule has 1 aromatic heterocycles. The van der Waals surface area contributed by atoms with Gasteiger partial charge >= 0.3 is 0 Å². The third-order valence-electron chi connectivity index (χ3n) is 4.36. The molecule has 2 aromatic rings. The van der Waals surface area contributed by atoms with Crippen molar-refractivity contribution < 1.29 is 9.59 Å². The maximum absolute atomic E-state index is 12.8. The van der Waals surface area contributed by atoms with Gasteiger partial charge in [0.1, 0.15) is 0 Å². The number of halogens is 1. The van der Waals surface area contributed by atoms with Crippen molar-refractivity contribution in [3.8, 4) is 0 Å². The molecule has 3 rings (SSSR count). The van der Waals surface area contributed by atoms with Crippen LogP contribution in [0.15, 0.2) is 36.5 Å². The molecule has 24 heavy (non-hydrogen) atoms. The third kappa shape index (κ3) is 3.17. The van der Waals surface area contributed by atoms with E-state index in [0.29, 0.717) is 30.1 Å².